The molecule has 3 rings (SSSR count). The number of likely N-dealkylation sites (N-methyl/N-ethyl adjacent to an activating group) is 1. The Hall–Kier alpha value is -2.60. The highest BCUT2D eigenvalue weighted by molar-refractivity contribution is 5.98. The van der Waals surface area contributed by atoms with E-state index >= 15 is 0 Å². The second-order valence-electron chi connectivity index (χ2n) is 6.85. The van der Waals surface area contributed by atoms with Crippen LogP contribution in [0.1, 0.15) is 23.2 Å². The van der Waals surface area contributed by atoms with Crippen LogP contribution in [0.2, 0.25) is 0 Å². The fourth-order valence-electron chi connectivity index (χ4n) is 3.41. The van der Waals surface area contributed by atoms with Crippen molar-refractivity contribution >= 4 is 17.4 Å². The van der Waals surface area contributed by atoms with Gasteiger partial charge in [0, 0.05) is 25.2 Å². The molecule has 6 heteroatoms. The fourth-order valence-corrected chi connectivity index (χ4v) is 3.41. The fraction of sp³-hybridized carbons (Fsp3) is 0.333. The lowest BCUT2D eigenvalue weighted by molar-refractivity contribution is -0.119. The molecule has 1 fully saturated rings. The van der Waals surface area contributed by atoms with Crippen LogP contribution < -0.4 is 4.90 Å². The Morgan fingerprint density at radius 1 is 1.15 bits per heavy atom. The zero-order valence-electron chi connectivity index (χ0n) is 15.2. The number of anilines is 1. The summed E-state index contributed by atoms with van der Waals surface area (Å²) in [7, 11) is 1.71. The predicted octanol–water partition coefficient (Wildman–Crippen LogP) is 3.52. The number of rotatable bonds is 5. The van der Waals surface area contributed by atoms with Gasteiger partial charge in [-0.2, -0.15) is 0 Å². The number of hydrogen-bond acceptors (Lipinski definition) is 3. The standard InChI is InChI=1S/C21H22F2N2O2/c1-24(17-7-3-2-4-8-17)20(26)14-25-11-5-6-15(13-25)21(27)18-12-16(22)9-10-19(18)23/h2-4,7-10,12,15H,5-6,11,13-14H2,1H3/t15-/m0/s1. The van der Waals surface area contributed by atoms with Crippen molar-refractivity contribution in [1.82, 2.24) is 4.90 Å². The van der Waals surface area contributed by atoms with E-state index in [1.807, 2.05) is 35.2 Å². The number of nitrogens with zero attached hydrogens (tertiary/aromatic N) is 2. The molecule has 2 aromatic rings. The van der Waals surface area contributed by atoms with Crippen LogP contribution in [0.5, 0.6) is 0 Å². The molecule has 27 heavy (non-hydrogen) atoms. The molecule has 0 aliphatic carbocycles. The molecule has 1 aliphatic rings. The van der Waals surface area contributed by atoms with E-state index in [-0.39, 0.29) is 18.0 Å². The molecule has 0 spiro atoms. The SMILES string of the molecule is CN(C(=O)CN1CCC[C@H](C(=O)c2cc(F)ccc2F)C1)c1ccccc1. The maximum atomic E-state index is 13.9. The molecule has 4 nitrogen and oxygen atoms in total. The first-order chi connectivity index (χ1) is 13.0. The van der Waals surface area contributed by atoms with Gasteiger partial charge in [-0.25, -0.2) is 8.78 Å². The van der Waals surface area contributed by atoms with Gasteiger partial charge in [-0.3, -0.25) is 14.5 Å². The number of Topliss-reactive ketones (excluding diaryl/α,β-unsaturated/α-hetero) is 1. The Labute approximate surface area is 157 Å². The minimum Gasteiger partial charge on any atom is -0.314 e. The zero-order valence-corrected chi connectivity index (χ0v) is 15.2. The lowest BCUT2D eigenvalue weighted by Gasteiger charge is -2.32. The van der Waals surface area contributed by atoms with Gasteiger partial charge in [-0.05, 0) is 49.7 Å². The maximum absolute atomic E-state index is 13.9. The molecule has 1 saturated heterocycles. The highest BCUT2D eigenvalue weighted by Crippen LogP contribution is 2.23. The van der Waals surface area contributed by atoms with Crippen molar-refractivity contribution in [2.24, 2.45) is 5.92 Å². The summed E-state index contributed by atoms with van der Waals surface area (Å²) in [6, 6.07) is 12.2. The smallest absolute Gasteiger partial charge is 0.240 e. The summed E-state index contributed by atoms with van der Waals surface area (Å²) in [6.07, 6.45) is 1.34. The molecular weight excluding hydrogens is 350 g/mol. The van der Waals surface area contributed by atoms with E-state index in [4.69, 9.17) is 0 Å². The zero-order chi connectivity index (χ0) is 19.4. The molecule has 1 amide bonds. The summed E-state index contributed by atoms with van der Waals surface area (Å²) in [6.45, 7) is 1.24. The lowest BCUT2D eigenvalue weighted by atomic mass is 9.89. The first-order valence-electron chi connectivity index (χ1n) is 8.99. The van der Waals surface area contributed by atoms with Crippen molar-refractivity contribution in [1.29, 1.82) is 0 Å². The Morgan fingerprint density at radius 3 is 2.63 bits per heavy atom. The van der Waals surface area contributed by atoms with Gasteiger partial charge < -0.3 is 4.90 Å². The number of amides is 1. The molecule has 0 unspecified atom stereocenters. The first kappa shape index (κ1) is 19.2. The minimum atomic E-state index is -0.710. The van der Waals surface area contributed by atoms with Gasteiger partial charge in [0.2, 0.25) is 5.91 Å². The molecule has 1 atom stereocenters. The van der Waals surface area contributed by atoms with Gasteiger partial charge in [0.15, 0.2) is 5.78 Å². The monoisotopic (exact) mass is 372 g/mol. The normalized spacial score (nSPS) is 17.5. The van der Waals surface area contributed by atoms with Crippen molar-refractivity contribution < 1.29 is 18.4 Å². The molecule has 0 N–H and O–H groups in total. The Kier molecular flexibility index (Phi) is 5.96. The van der Waals surface area contributed by atoms with Crippen LogP contribution >= 0.6 is 0 Å². The summed E-state index contributed by atoms with van der Waals surface area (Å²) >= 11 is 0. The van der Waals surface area contributed by atoms with E-state index in [9.17, 15) is 18.4 Å². The van der Waals surface area contributed by atoms with Crippen molar-refractivity contribution in [3.8, 4) is 0 Å². The molecule has 142 valence electrons. The van der Waals surface area contributed by atoms with Crippen LogP contribution in [0, 0.1) is 17.6 Å². The largest absolute Gasteiger partial charge is 0.314 e. The first-order valence-corrected chi connectivity index (χ1v) is 8.99. The third-order valence-corrected chi connectivity index (χ3v) is 4.95. The number of benzene rings is 2. The van der Waals surface area contributed by atoms with Crippen LogP contribution in [0.4, 0.5) is 14.5 Å². The average molecular weight is 372 g/mol. The minimum absolute atomic E-state index is 0.0776. The van der Waals surface area contributed by atoms with Crippen molar-refractivity contribution in [2.75, 3.05) is 31.6 Å². The Bertz CT molecular complexity index is 826. The third kappa shape index (κ3) is 4.57. The highest BCUT2D eigenvalue weighted by atomic mass is 19.1. The van der Waals surface area contributed by atoms with Crippen molar-refractivity contribution in [3.05, 3.63) is 65.7 Å². The number of ketones is 1. The summed E-state index contributed by atoms with van der Waals surface area (Å²) in [5, 5.41) is 0. The molecule has 0 radical (unpaired) electrons. The van der Waals surface area contributed by atoms with E-state index in [0.29, 0.717) is 19.5 Å². The molecule has 1 aliphatic heterocycles. The van der Waals surface area contributed by atoms with E-state index < -0.39 is 23.3 Å². The Morgan fingerprint density at radius 2 is 1.89 bits per heavy atom. The second-order valence-corrected chi connectivity index (χ2v) is 6.85. The summed E-state index contributed by atoms with van der Waals surface area (Å²) in [5.41, 5.74) is 0.587. The molecule has 2 aromatic carbocycles. The number of halogens is 2. The lowest BCUT2D eigenvalue weighted by Crippen LogP contribution is -2.44. The number of likely N-dealkylation sites (tertiary alicyclic amines) is 1. The van der Waals surface area contributed by atoms with Crippen LogP contribution in [0.15, 0.2) is 48.5 Å². The topological polar surface area (TPSA) is 40.6 Å². The van der Waals surface area contributed by atoms with Crippen molar-refractivity contribution in [2.45, 2.75) is 12.8 Å². The maximum Gasteiger partial charge on any atom is 0.240 e. The number of carbonyl (C=O) groups excluding carboxylic acids is 2. The van der Waals surface area contributed by atoms with Gasteiger partial charge in [-0.1, -0.05) is 18.2 Å². The van der Waals surface area contributed by atoms with E-state index in [2.05, 4.69) is 0 Å². The summed E-state index contributed by atoms with van der Waals surface area (Å²) in [5.74, 6) is -2.26. The van der Waals surface area contributed by atoms with Crippen LogP contribution in [-0.2, 0) is 4.79 Å². The van der Waals surface area contributed by atoms with Gasteiger partial charge >= 0.3 is 0 Å². The van der Waals surface area contributed by atoms with Crippen molar-refractivity contribution in [3.63, 3.8) is 0 Å². The summed E-state index contributed by atoms with van der Waals surface area (Å²) in [4.78, 5) is 28.7. The highest BCUT2D eigenvalue weighted by Gasteiger charge is 2.29. The molecule has 0 saturated carbocycles. The number of para-hydroxylation sites is 1. The Balaban J connectivity index is 1.64. The average Bonchev–Trinajstić information content (AvgIpc) is 2.69. The summed E-state index contributed by atoms with van der Waals surface area (Å²) < 4.78 is 27.3. The predicted molar refractivity (Wildman–Crippen MR) is 99.7 cm³/mol. The van der Waals surface area contributed by atoms with Gasteiger partial charge in [0.25, 0.3) is 0 Å². The molecule has 0 aromatic heterocycles. The number of piperidine rings is 1. The molecule has 0 bridgehead atoms. The molecule has 1 heterocycles. The molecular formula is C21H22F2N2O2. The van der Waals surface area contributed by atoms with E-state index in [1.54, 1.807) is 11.9 Å². The number of carbonyl (C=O) groups is 2. The van der Waals surface area contributed by atoms with E-state index in [1.165, 1.54) is 0 Å². The van der Waals surface area contributed by atoms with E-state index in [0.717, 1.165) is 30.3 Å². The quantitative estimate of drug-likeness (QED) is 0.754. The van der Waals surface area contributed by atoms with Gasteiger partial charge in [0.05, 0.1) is 12.1 Å². The number of hydrogen-bond donors (Lipinski definition) is 0. The third-order valence-electron chi connectivity index (χ3n) is 4.95. The van der Waals surface area contributed by atoms with Crippen LogP contribution in [0.25, 0.3) is 0 Å². The van der Waals surface area contributed by atoms with Gasteiger partial charge in [-0.15, -0.1) is 0 Å². The second kappa shape index (κ2) is 8.39. The van der Waals surface area contributed by atoms with Crippen LogP contribution in [-0.4, -0.2) is 43.3 Å². The van der Waals surface area contributed by atoms with Crippen LogP contribution in [0.3, 0.4) is 0 Å². The van der Waals surface area contributed by atoms with Gasteiger partial charge in [0.1, 0.15) is 11.6 Å².